The van der Waals surface area contributed by atoms with E-state index in [1.165, 1.54) is 5.56 Å². The normalized spacial score (nSPS) is 10.7. The van der Waals surface area contributed by atoms with E-state index in [2.05, 4.69) is 0 Å². The highest BCUT2D eigenvalue weighted by molar-refractivity contribution is 6.31. The number of aromatic nitrogens is 1. The average Bonchev–Trinajstić information content (AvgIpc) is 2.44. The summed E-state index contributed by atoms with van der Waals surface area (Å²) in [5.74, 6) is 0. The first kappa shape index (κ1) is 9.28. The maximum absolute atomic E-state index is 10.5. The van der Waals surface area contributed by atoms with E-state index in [-0.39, 0.29) is 0 Å². The molecule has 2 nitrogen and oxygen atoms in total. The molecule has 2 rings (SSSR count). The number of fused-ring (bicyclic) bond motifs is 1. The van der Waals surface area contributed by atoms with Gasteiger partial charge < -0.3 is 9.36 Å². The molecule has 72 valence electrons. The molecule has 14 heavy (non-hydrogen) atoms. The maximum atomic E-state index is 10.5. The first-order valence-corrected chi connectivity index (χ1v) is 4.79. The van der Waals surface area contributed by atoms with E-state index in [0.717, 1.165) is 17.2 Å². The summed E-state index contributed by atoms with van der Waals surface area (Å²) >= 11 is 5.90. The summed E-state index contributed by atoms with van der Waals surface area (Å²) in [4.78, 5) is 10.5. The third kappa shape index (κ3) is 1.42. The van der Waals surface area contributed by atoms with Gasteiger partial charge in [-0.05, 0) is 24.6 Å². The Morgan fingerprint density at radius 1 is 1.50 bits per heavy atom. The van der Waals surface area contributed by atoms with Crippen LogP contribution in [0.15, 0.2) is 24.4 Å². The molecular weight excluding hydrogens is 198 g/mol. The van der Waals surface area contributed by atoms with Gasteiger partial charge >= 0.3 is 0 Å². The Kier molecular flexibility index (Phi) is 2.30. The first-order chi connectivity index (χ1) is 6.72. The van der Waals surface area contributed by atoms with Crippen LogP contribution in [-0.4, -0.2) is 10.9 Å². The highest BCUT2D eigenvalue weighted by atomic mass is 35.5. The Labute approximate surface area is 87.1 Å². The van der Waals surface area contributed by atoms with E-state index >= 15 is 0 Å². The van der Waals surface area contributed by atoms with Gasteiger partial charge in [0.05, 0.1) is 12.1 Å². The molecule has 0 atom stereocenters. The van der Waals surface area contributed by atoms with Crippen molar-refractivity contribution in [3.63, 3.8) is 0 Å². The molecule has 2 aromatic rings. The zero-order chi connectivity index (χ0) is 10.1. The van der Waals surface area contributed by atoms with E-state index < -0.39 is 0 Å². The first-order valence-electron chi connectivity index (χ1n) is 4.41. The van der Waals surface area contributed by atoms with Crippen molar-refractivity contribution < 1.29 is 4.79 Å². The number of hydrogen-bond donors (Lipinski definition) is 0. The van der Waals surface area contributed by atoms with Crippen LogP contribution in [0.1, 0.15) is 5.56 Å². The van der Waals surface area contributed by atoms with E-state index in [1.807, 2.05) is 35.9 Å². The van der Waals surface area contributed by atoms with Crippen LogP contribution in [0.2, 0.25) is 5.02 Å². The number of aryl methyl sites for hydroxylation is 1. The summed E-state index contributed by atoms with van der Waals surface area (Å²) in [6.45, 7) is 2.40. The van der Waals surface area contributed by atoms with Crippen molar-refractivity contribution in [3.8, 4) is 0 Å². The minimum atomic E-state index is 0.380. The molecule has 0 bridgehead atoms. The van der Waals surface area contributed by atoms with Crippen molar-refractivity contribution in [2.24, 2.45) is 0 Å². The number of carbonyl (C=O) groups is 1. The monoisotopic (exact) mass is 207 g/mol. The van der Waals surface area contributed by atoms with Gasteiger partial charge in [0.15, 0.2) is 0 Å². The van der Waals surface area contributed by atoms with Gasteiger partial charge in [0.2, 0.25) is 0 Å². The lowest BCUT2D eigenvalue weighted by Gasteiger charge is -1.99. The lowest BCUT2D eigenvalue weighted by molar-refractivity contribution is -0.108. The van der Waals surface area contributed by atoms with E-state index in [1.54, 1.807) is 0 Å². The number of carbonyl (C=O) groups excluding carboxylic acids is 1. The lowest BCUT2D eigenvalue weighted by atomic mass is 10.2. The summed E-state index contributed by atoms with van der Waals surface area (Å²) in [5, 5.41) is 1.85. The molecule has 0 aliphatic carbocycles. The van der Waals surface area contributed by atoms with Crippen molar-refractivity contribution >= 4 is 28.8 Å². The highest BCUT2D eigenvalue weighted by Gasteiger charge is 2.04. The molecule has 0 aliphatic heterocycles. The minimum Gasteiger partial charge on any atom is -0.340 e. The van der Waals surface area contributed by atoms with Gasteiger partial charge in [0, 0.05) is 16.6 Å². The molecule has 0 amide bonds. The van der Waals surface area contributed by atoms with E-state index in [9.17, 15) is 4.79 Å². The molecule has 1 aromatic heterocycles. The van der Waals surface area contributed by atoms with Crippen LogP contribution in [0.5, 0.6) is 0 Å². The van der Waals surface area contributed by atoms with Gasteiger partial charge in [-0.3, -0.25) is 0 Å². The molecule has 0 saturated carbocycles. The number of rotatable bonds is 2. The molecule has 0 aliphatic rings. The Morgan fingerprint density at radius 2 is 2.29 bits per heavy atom. The minimum absolute atomic E-state index is 0.380. The van der Waals surface area contributed by atoms with Crippen LogP contribution in [-0.2, 0) is 11.3 Å². The van der Waals surface area contributed by atoms with Crippen LogP contribution in [0.4, 0.5) is 0 Å². The van der Waals surface area contributed by atoms with Crippen LogP contribution < -0.4 is 0 Å². The van der Waals surface area contributed by atoms with Gasteiger partial charge in [-0.2, -0.15) is 0 Å². The molecule has 1 aromatic carbocycles. The Bertz CT molecular complexity index is 487. The summed E-state index contributed by atoms with van der Waals surface area (Å²) in [6.07, 6.45) is 2.86. The van der Waals surface area contributed by atoms with E-state index in [0.29, 0.717) is 11.6 Å². The molecule has 0 fully saturated rings. The van der Waals surface area contributed by atoms with E-state index in [4.69, 9.17) is 11.6 Å². The average molecular weight is 208 g/mol. The van der Waals surface area contributed by atoms with Crippen molar-refractivity contribution in [3.05, 3.63) is 35.0 Å². The summed E-state index contributed by atoms with van der Waals surface area (Å²) in [5.41, 5.74) is 2.18. The van der Waals surface area contributed by atoms with Crippen LogP contribution >= 0.6 is 11.6 Å². The molecule has 0 N–H and O–H groups in total. The van der Waals surface area contributed by atoms with Gasteiger partial charge in [0.25, 0.3) is 0 Å². The Balaban J connectivity index is 2.72. The van der Waals surface area contributed by atoms with Gasteiger partial charge in [-0.1, -0.05) is 17.7 Å². The summed E-state index contributed by atoms with van der Waals surface area (Å²) in [6, 6.07) is 5.73. The number of aldehydes is 1. The summed E-state index contributed by atoms with van der Waals surface area (Å²) < 4.78 is 1.91. The fraction of sp³-hybridized carbons (Fsp3) is 0.182. The zero-order valence-electron chi connectivity index (χ0n) is 7.83. The van der Waals surface area contributed by atoms with Crippen LogP contribution in [0, 0.1) is 6.92 Å². The highest BCUT2D eigenvalue weighted by Crippen LogP contribution is 2.23. The van der Waals surface area contributed by atoms with Crippen molar-refractivity contribution in [2.45, 2.75) is 13.5 Å². The number of benzene rings is 1. The predicted octanol–water partition coefficient (Wildman–Crippen LogP) is 2.80. The Hall–Kier alpha value is -1.28. The van der Waals surface area contributed by atoms with Gasteiger partial charge in [-0.25, -0.2) is 0 Å². The SMILES string of the molecule is Cc1cn(CC=O)c2cc(Cl)ccc12. The standard InChI is InChI=1S/C11H10ClNO/c1-8-7-13(4-5-14)11-6-9(12)2-3-10(8)11/h2-3,5-7H,4H2,1H3. The number of hydrogen-bond acceptors (Lipinski definition) is 1. The van der Waals surface area contributed by atoms with Gasteiger partial charge in [-0.15, -0.1) is 0 Å². The van der Waals surface area contributed by atoms with Crippen LogP contribution in [0.3, 0.4) is 0 Å². The summed E-state index contributed by atoms with van der Waals surface area (Å²) in [7, 11) is 0. The second kappa shape index (κ2) is 3.46. The number of halogens is 1. The quantitative estimate of drug-likeness (QED) is 0.695. The van der Waals surface area contributed by atoms with Crippen molar-refractivity contribution in [1.82, 2.24) is 4.57 Å². The zero-order valence-corrected chi connectivity index (χ0v) is 8.58. The third-order valence-corrected chi connectivity index (χ3v) is 2.55. The lowest BCUT2D eigenvalue weighted by Crippen LogP contribution is -1.95. The maximum Gasteiger partial charge on any atom is 0.139 e. The molecule has 3 heteroatoms. The van der Waals surface area contributed by atoms with Crippen LogP contribution in [0.25, 0.3) is 10.9 Å². The fourth-order valence-corrected chi connectivity index (χ4v) is 1.85. The topological polar surface area (TPSA) is 22.0 Å². The number of nitrogens with zero attached hydrogens (tertiary/aromatic N) is 1. The van der Waals surface area contributed by atoms with Crippen molar-refractivity contribution in [1.29, 1.82) is 0 Å². The molecule has 1 heterocycles. The smallest absolute Gasteiger partial charge is 0.139 e. The second-order valence-corrected chi connectivity index (χ2v) is 3.73. The molecule has 0 unspecified atom stereocenters. The van der Waals surface area contributed by atoms with Crippen molar-refractivity contribution in [2.75, 3.05) is 0 Å². The molecule has 0 saturated heterocycles. The Morgan fingerprint density at radius 3 is 3.00 bits per heavy atom. The predicted molar refractivity (Wildman–Crippen MR) is 57.7 cm³/mol. The second-order valence-electron chi connectivity index (χ2n) is 3.29. The molecule has 0 spiro atoms. The third-order valence-electron chi connectivity index (χ3n) is 2.31. The van der Waals surface area contributed by atoms with Gasteiger partial charge in [0.1, 0.15) is 6.29 Å². The molecule has 0 radical (unpaired) electrons. The largest absolute Gasteiger partial charge is 0.340 e. The molecular formula is C11H10ClNO. The fourth-order valence-electron chi connectivity index (χ4n) is 1.68.